The van der Waals surface area contributed by atoms with Crippen LogP contribution in [-0.2, 0) is 6.54 Å². The van der Waals surface area contributed by atoms with Gasteiger partial charge in [-0.05, 0) is 13.0 Å². The lowest BCUT2D eigenvalue weighted by Gasteiger charge is -2.01. The van der Waals surface area contributed by atoms with Gasteiger partial charge in [-0.2, -0.15) is 0 Å². The van der Waals surface area contributed by atoms with E-state index in [1.807, 2.05) is 50.0 Å². The van der Waals surface area contributed by atoms with Gasteiger partial charge in [-0.15, -0.1) is 11.3 Å². The largest absolute Gasteiger partial charge is 0.348 e. The molecular formula is C13H16N2OS. The van der Waals surface area contributed by atoms with Crippen molar-refractivity contribution in [2.45, 2.75) is 27.3 Å². The maximum absolute atomic E-state index is 11.8. The van der Waals surface area contributed by atoms with E-state index in [9.17, 15) is 4.79 Å². The van der Waals surface area contributed by atoms with Gasteiger partial charge in [0.25, 0.3) is 0 Å². The normalized spacial score (nSPS) is 11.1. The predicted molar refractivity (Wildman–Crippen MR) is 69.6 cm³/mol. The molecule has 17 heavy (non-hydrogen) atoms. The van der Waals surface area contributed by atoms with Crippen molar-refractivity contribution in [3.05, 3.63) is 40.1 Å². The molecule has 0 unspecified atom stereocenters. The second-order valence-electron chi connectivity index (χ2n) is 4.44. The van der Waals surface area contributed by atoms with Crippen molar-refractivity contribution < 1.29 is 4.79 Å². The number of carbonyl (C=O) groups is 1. The van der Waals surface area contributed by atoms with Crippen molar-refractivity contribution in [3.8, 4) is 0 Å². The molecule has 0 aliphatic heterocycles. The third-order valence-electron chi connectivity index (χ3n) is 2.57. The van der Waals surface area contributed by atoms with Crippen LogP contribution in [0.5, 0.6) is 0 Å². The summed E-state index contributed by atoms with van der Waals surface area (Å²) >= 11 is 1.69. The Balaban J connectivity index is 2.11. The van der Waals surface area contributed by atoms with Crippen molar-refractivity contribution in [2.75, 3.05) is 0 Å². The number of rotatable bonds is 4. The van der Waals surface area contributed by atoms with Gasteiger partial charge in [-0.3, -0.25) is 4.79 Å². The SMILES string of the molecule is Cc1ncc(Cn2ccc(C(=O)C(C)C)c2)s1. The molecule has 2 heterocycles. The zero-order valence-corrected chi connectivity index (χ0v) is 11.1. The first kappa shape index (κ1) is 12.0. The van der Waals surface area contributed by atoms with Crippen molar-refractivity contribution in [1.29, 1.82) is 0 Å². The molecule has 0 spiro atoms. The highest BCUT2D eigenvalue weighted by Gasteiger charge is 2.11. The fraction of sp³-hybridized carbons (Fsp3) is 0.385. The molecule has 4 heteroatoms. The van der Waals surface area contributed by atoms with E-state index < -0.39 is 0 Å². The third kappa shape index (κ3) is 2.82. The second kappa shape index (κ2) is 4.84. The van der Waals surface area contributed by atoms with Gasteiger partial charge in [0, 0.05) is 34.9 Å². The summed E-state index contributed by atoms with van der Waals surface area (Å²) in [6.45, 7) is 6.63. The third-order valence-corrected chi connectivity index (χ3v) is 3.46. The first-order chi connectivity index (χ1) is 8.06. The van der Waals surface area contributed by atoms with Gasteiger partial charge >= 0.3 is 0 Å². The Morgan fingerprint density at radius 3 is 2.88 bits per heavy atom. The summed E-state index contributed by atoms with van der Waals surface area (Å²) < 4.78 is 2.03. The Labute approximate surface area is 105 Å². The lowest BCUT2D eigenvalue weighted by atomic mass is 10.0. The van der Waals surface area contributed by atoms with Crippen LogP contribution < -0.4 is 0 Å². The number of hydrogen-bond acceptors (Lipinski definition) is 3. The zero-order valence-electron chi connectivity index (χ0n) is 10.3. The maximum Gasteiger partial charge on any atom is 0.166 e. The topological polar surface area (TPSA) is 34.9 Å². The molecule has 0 aliphatic carbocycles. The minimum Gasteiger partial charge on any atom is -0.348 e. The molecule has 90 valence electrons. The summed E-state index contributed by atoms with van der Waals surface area (Å²) in [5, 5.41) is 1.07. The fourth-order valence-electron chi connectivity index (χ4n) is 1.68. The van der Waals surface area contributed by atoms with E-state index in [2.05, 4.69) is 4.98 Å². The van der Waals surface area contributed by atoms with Crippen LogP contribution in [0.2, 0.25) is 0 Å². The molecule has 2 aromatic heterocycles. The average Bonchev–Trinajstić information content (AvgIpc) is 2.87. The molecule has 0 aliphatic rings. The van der Waals surface area contributed by atoms with Gasteiger partial charge in [0.15, 0.2) is 5.78 Å². The monoisotopic (exact) mass is 248 g/mol. The fourth-order valence-corrected chi connectivity index (χ4v) is 2.48. The Morgan fingerprint density at radius 2 is 2.29 bits per heavy atom. The number of aromatic nitrogens is 2. The van der Waals surface area contributed by atoms with Crippen LogP contribution in [0.3, 0.4) is 0 Å². The number of thiazole rings is 1. The zero-order chi connectivity index (χ0) is 12.4. The van der Waals surface area contributed by atoms with E-state index in [0.29, 0.717) is 0 Å². The highest BCUT2D eigenvalue weighted by molar-refractivity contribution is 7.11. The summed E-state index contributed by atoms with van der Waals surface area (Å²) in [4.78, 5) is 17.2. The van der Waals surface area contributed by atoms with Crippen molar-refractivity contribution >= 4 is 17.1 Å². The van der Waals surface area contributed by atoms with Crippen molar-refractivity contribution in [1.82, 2.24) is 9.55 Å². The van der Waals surface area contributed by atoms with Crippen LogP contribution in [0.1, 0.15) is 34.1 Å². The number of Topliss-reactive ketones (excluding diaryl/α,β-unsaturated/α-hetero) is 1. The number of carbonyl (C=O) groups excluding carboxylic acids is 1. The van der Waals surface area contributed by atoms with Crippen LogP contribution in [-0.4, -0.2) is 15.3 Å². The number of ketones is 1. The number of nitrogens with zero attached hydrogens (tertiary/aromatic N) is 2. The smallest absolute Gasteiger partial charge is 0.166 e. The summed E-state index contributed by atoms with van der Waals surface area (Å²) in [5.41, 5.74) is 0.793. The lowest BCUT2D eigenvalue weighted by Crippen LogP contribution is -2.06. The van der Waals surface area contributed by atoms with Crippen LogP contribution in [0.15, 0.2) is 24.7 Å². The Kier molecular flexibility index (Phi) is 3.43. The summed E-state index contributed by atoms with van der Waals surface area (Å²) in [6.07, 6.45) is 5.76. The highest BCUT2D eigenvalue weighted by atomic mass is 32.1. The quantitative estimate of drug-likeness (QED) is 0.779. The summed E-state index contributed by atoms with van der Waals surface area (Å²) in [5.74, 6) is 0.251. The van der Waals surface area contributed by atoms with Crippen LogP contribution in [0.4, 0.5) is 0 Å². The Bertz CT molecular complexity index is 525. The molecule has 0 fully saturated rings. The van der Waals surface area contributed by atoms with Gasteiger partial charge in [-0.25, -0.2) is 4.98 Å². The van der Waals surface area contributed by atoms with Crippen LogP contribution in [0, 0.1) is 12.8 Å². The minimum atomic E-state index is 0.0523. The molecule has 2 aromatic rings. The molecule has 3 nitrogen and oxygen atoms in total. The molecule has 2 rings (SSSR count). The average molecular weight is 248 g/mol. The van der Waals surface area contributed by atoms with E-state index in [4.69, 9.17) is 0 Å². The first-order valence-electron chi connectivity index (χ1n) is 5.67. The number of hydrogen-bond donors (Lipinski definition) is 0. The molecule has 0 bridgehead atoms. The van der Waals surface area contributed by atoms with E-state index in [0.717, 1.165) is 17.1 Å². The molecule has 0 amide bonds. The maximum atomic E-state index is 11.8. The highest BCUT2D eigenvalue weighted by Crippen LogP contribution is 2.15. The van der Waals surface area contributed by atoms with Gasteiger partial charge in [0.1, 0.15) is 0 Å². The van der Waals surface area contributed by atoms with Gasteiger partial charge in [-0.1, -0.05) is 13.8 Å². The molecule has 0 atom stereocenters. The predicted octanol–water partition coefficient (Wildman–Crippen LogP) is 3.14. The standard InChI is InChI=1S/C13H16N2OS/c1-9(2)13(16)11-4-5-15(7-11)8-12-6-14-10(3)17-12/h4-7,9H,8H2,1-3H3. The molecule has 0 radical (unpaired) electrons. The lowest BCUT2D eigenvalue weighted by molar-refractivity contribution is 0.0939. The van der Waals surface area contributed by atoms with Gasteiger partial charge < -0.3 is 4.57 Å². The molecule has 0 aromatic carbocycles. The first-order valence-corrected chi connectivity index (χ1v) is 6.49. The van der Waals surface area contributed by atoms with Gasteiger partial charge in [0.2, 0.25) is 0 Å². The molecule has 0 N–H and O–H groups in total. The summed E-state index contributed by atoms with van der Waals surface area (Å²) in [6, 6.07) is 1.89. The summed E-state index contributed by atoms with van der Waals surface area (Å²) in [7, 11) is 0. The van der Waals surface area contributed by atoms with E-state index in [1.54, 1.807) is 11.3 Å². The van der Waals surface area contributed by atoms with Crippen molar-refractivity contribution in [3.63, 3.8) is 0 Å². The Morgan fingerprint density at radius 1 is 1.53 bits per heavy atom. The number of aryl methyl sites for hydroxylation is 1. The van der Waals surface area contributed by atoms with Crippen LogP contribution in [0.25, 0.3) is 0 Å². The van der Waals surface area contributed by atoms with Crippen LogP contribution >= 0.6 is 11.3 Å². The van der Waals surface area contributed by atoms with E-state index >= 15 is 0 Å². The molecule has 0 saturated carbocycles. The van der Waals surface area contributed by atoms with Gasteiger partial charge in [0.05, 0.1) is 11.6 Å². The van der Waals surface area contributed by atoms with Crippen molar-refractivity contribution in [2.24, 2.45) is 5.92 Å². The van der Waals surface area contributed by atoms with E-state index in [-0.39, 0.29) is 11.7 Å². The second-order valence-corrected chi connectivity index (χ2v) is 5.76. The molecular weight excluding hydrogens is 232 g/mol. The van der Waals surface area contributed by atoms with E-state index in [1.165, 1.54) is 4.88 Å². The minimum absolute atomic E-state index is 0.0523. The Hall–Kier alpha value is -1.42. The molecule has 0 saturated heterocycles.